The first kappa shape index (κ1) is 20.7. The van der Waals surface area contributed by atoms with Crippen molar-refractivity contribution in [3.05, 3.63) is 70.3 Å². The van der Waals surface area contributed by atoms with Crippen LogP contribution in [0.2, 0.25) is 0 Å². The number of amides is 2. The molecule has 0 aliphatic heterocycles. The molecule has 0 radical (unpaired) electrons. The van der Waals surface area contributed by atoms with E-state index >= 15 is 0 Å². The highest BCUT2D eigenvalue weighted by atomic mass is 16.2. The van der Waals surface area contributed by atoms with Crippen LogP contribution in [0.4, 0.5) is 0 Å². The van der Waals surface area contributed by atoms with Gasteiger partial charge in [-0.25, -0.2) is 0 Å². The van der Waals surface area contributed by atoms with Crippen molar-refractivity contribution in [3.63, 3.8) is 0 Å². The average Bonchev–Trinajstić information content (AvgIpc) is 2.61. The summed E-state index contributed by atoms with van der Waals surface area (Å²) >= 11 is 0. The Balaban J connectivity index is 2.14. The maximum absolute atomic E-state index is 12.9. The highest BCUT2D eigenvalue weighted by Gasteiger charge is 2.26. The van der Waals surface area contributed by atoms with E-state index in [0.29, 0.717) is 5.56 Å². The van der Waals surface area contributed by atoms with Gasteiger partial charge in [-0.15, -0.1) is 0 Å². The normalized spacial score (nSPS) is 13.1. The van der Waals surface area contributed by atoms with Gasteiger partial charge >= 0.3 is 0 Å². The predicted molar refractivity (Wildman–Crippen MR) is 110 cm³/mol. The number of carbonyl (C=O) groups excluding carboxylic acids is 2. The molecule has 0 saturated heterocycles. The summed E-state index contributed by atoms with van der Waals surface area (Å²) in [7, 11) is 0. The van der Waals surface area contributed by atoms with Crippen LogP contribution < -0.4 is 10.6 Å². The van der Waals surface area contributed by atoms with E-state index in [2.05, 4.69) is 28.8 Å². The first-order valence-corrected chi connectivity index (χ1v) is 9.44. The summed E-state index contributed by atoms with van der Waals surface area (Å²) in [5.41, 5.74) is 4.87. The van der Waals surface area contributed by atoms with E-state index in [4.69, 9.17) is 0 Å². The highest BCUT2D eigenvalue weighted by molar-refractivity contribution is 5.98. The van der Waals surface area contributed by atoms with Crippen LogP contribution in [0.25, 0.3) is 0 Å². The lowest BCUT2D eigenvalue weighted by Crippen LogP contribution is -2.50. The van der Waals surface area contributed by atoms with Gasteiger partial charge in [-0.3, -0.25) is 9.59 Å². The number of hydrogen-bond acceptors (Lipinski definition) is 2. The van der Waals surface area contributed by atoms with E-state index in [0.717, 1.165) is 22.3 Å². The smallest absolute Gasteiger partial charge is 0.252 e. The molecule has 2 amide bonds. The fraction of sp³-hybridized carbons (Fsp3) is 0.391. The summed E-state index contributed by atoms with van der Waals surface area (Å²) in [6.45, 7) is 11.8. The molecule has 144 valence electrons. The minimum Gasteiger partial charge on any atom is -0.348 e. The van der Waals surface area contributed by atoms with Crippen LogP contribution in [0.1, 0.15) is 59.4 Å². The standard InChI is InChI=1S/C23H30N2O2/c1-14(2)21(25-22(26)19-10-8-7-9-16(19)4)23(27)24-18(6)20-13-15(3)11-12-17(20)5/h7-14,18,21H,1-6H3,(H,24,27)(H,25,26)/t18-,21+/m0/s1. The Morgan fingerprint density at radius 1 is 0.852 bits per heavy atom. The van der Waals surface area contributed by atoms with E-state index in [1.54, 1.807) is 6.07 Å². The van der Waals surface area contributed by atoms with Crippen molar-refractivity contribution < 1.29 is 9.59 Å². The minimum atomic E-state index is -0.593. The van der Waals surface area contributed by atoms with Gasteiger partial charge in [-0.05, 0) is 56.4 Å². The van der Waals surface area contributed by atoms with Gasteiger partial charge in [0.15, 0.2) is 0 Å². The second-order valence-electron chi connectivity index (χ2n) is 7.60. The summed E-state index contributed by atoms with van der Waals surface area (Å²) in [5, 5.41) is 5.97. The Hall–Kier alpha value is -2.62. The van der Waals surface area contributed by atoms with Crippen LogP contribution in [-0.4, -0.2) is 17.9 Å². The molecule has 0 aliphatic carbocycles. The van der Waals surface area contributed by atoms with Crippen molar-refractivity contribution in [1.82, 2.24) is 10.6 Å². The first-order chi connectivity index (χ1) is 12.7. The van der Waals surface area contributed by atoms with Crippen molar-refractivity contribution in [3.8, 4) is 0 Å². The number of benzene rings is 2. The van der Waals surface area contributed by atoms with E-state index < -0.39 is 6.04 Å². The summed E-state index contributed by atoms with van der Waals surface area (Å²) in [6.07, 6.45) is 0. The third-order valence-corrected chi connectivity index (χ3v) is 4.89. The van der Waals surface area contributed by atoms with E-state index in [9.17, 15) is 9.59 Å². The molecule has 4 nitrogen and oxygen atoms in total. The maximum atomic E-state index is 12.9. The van der Waals surface area contributed by atoms with Crippen LogP contribution in [0.15, 0.2) is 42.5 Å². The maximum Gasteiger partial charge on any atom is 0.252 e. The van der Waals surface area contributed by atoms with Crippen LogP contribution in [0.3, 0.4) is 0 Å². The lowest BCUT2D eigenvalue weighted by atomic mass is 9.98. The molecule has 0 aromatic heterocycles. The number of nitrogens with one attached hydrogen (secondary N) is 2. The van der Waals surface area contributed by atoms with E-state index in [-0.39, 0.29) is 23.8 Å². The summed E-state index contributed by atoms with van der Waals surface area (Å²) in [4.78, 5) is 25.5. The lowest BCUT2D eigenvalue weighted by Gasteiger charge is -2.25. The molecule has 4 heteroatoms. The van der Waals surface area contributed by atoms with Crippen molar-refractivity contribution in [2.75, 3.05) is 0 Å². The largest absolute Gasteiger partial charge is 0.348 e. The Morgan fingerprint density at radius 3 is 2.15 bits per heavy atom. The Bertz CT molecular complexity index is 827. The number of aryl methyl sites for hydroxylation is 3. The van der Waals surface area contributed by atoms with Gasteiger partial charge in [0.1, 0.15) is 6.04 Å². The zero-order chi connectivity index (χ0) is 20.1. The Kier molecular flexibility index (Phi) is 6.78. The number of hydrogen-bond donors (Lipinski definition) is 2. The molecule has 0 fully saturated rings. The van der Waals surface area contributed by atoms with E-state index in [1.165, 1.54) is 0 Å². The molecule has 0 heterocycles. The topological polar surface area (TPSA) is 58.2 Å². The molecule has 2 aromatic carbocycles. The van der Waals surface area contributed by atoms with Gasteiger partial charge in [0.2, 0.25) is 5.91 Å². The van der Waals surface area contributed by atoms with Crippen molar-refractivity contribution >= 4 is 11.8 Å². The molecular weight excluding hydrogens is 336 g/mol. The zero-order valence-electron chi connectivity index (χ0n) is 17.1. The molecule has 0 unspecified atom stereocenters. The summed E-state index contributed by atoms with van der Waals surface area (Å²) < 4.78 is 0. The van der Waals surface area contributed by atoms with Gasteiger partial charge in [0, 0.05) is 5.56 Å². The highest BCUT2D eigenvalue weighted by Crippen LogP contribution is 2.19. The quantitative estimate of drug-likeness (QED) is 0.803. The fourth-order valence-corrected chi connectivity index (χ4v) is 3.19. The third-order valence-electron chi connectivity index (χ3n) is 4.89. The van der Waals surface area contributed by atoms with Crippen LogP contribution >= 0.6 is 0 Å². The number of rotatable bonds is 6. The minimum absolute atomic E-state index is 0.0243. The number of carbonyl (C=O) groups is 2. The van der Waals surface area contributed by atoms with Crippen LogP contribution in [0, 0.1) is 26.7 Å². The second kappa shape index (κ2) is 8.85. The van der Waals surface area contributed by atoms with Crippen molar-refractivity contribution in [2.45, 2.75) is 53.6 Å². The van der Waals surface area contributed by atoms with Gasteiger partial charge in [-0.2, -0.15) is 0 Å². The lowest BCUT2D eigenvalue weighted by molar-refractivity contribution is -0.124. The Morgan fingerprint density at radius 2 is 1.52 bits per heavy atom. The van der Waals surface area contributed by atoms with Gasteiger partial charge in [-0.1, -0.05) is 55.8 Å². The average molecular weight is 367 g/mol. The molecular formula is C23H30N2O2. The third kappa shape index (κ3) is 5.19. The monoisotopic (exact) mass is 366 g/mol. The van der Waals surface area contributed by atoms with Gasteiger partial charge < -0.3 is 10.6 Å². The second-order valence-corrected chi connectivity index (χ2v) is 7.60. The molecule has 2 aromatic rings. The van der Waals surface area contributed by atoms with Crippen LogP contribution in [-0.2, 0) is 4.79 Å². The molecule has 0 aliphatic rings. The van der Waals surface area contributed by atoms with Crippen molar-refractivity contribution in [2.24, 2.45) is 5.92 Å². The molecule has 27 heavy (non-hydrogen) atoms. The van der Waals surface area contributed by atoms with Crippen LogP contribution in [0.5, 0.6) is 0 Å². The fourth-order valence-electron chi connectivity index (χ4n) is 3.19. The molecule has 0 saturated carbocycles. The summed E-state index contributed by atoms with van der Waals surface area (Å²) in [5.74, 6) is -0.412. The molecule has 2 rings (SSSR count). The molecule has 2 atom stereocenters. The SMILES string of the molecule is Cc1ccc(C)c([C@H](C)NC(=O)[C@H](NC(=O)c2ccccc2C)C(C)C)c1. The predicted octanol–water partition coefficient (Wildman–Crippen LogP) is 4.24. The van der Waals surface area contributed by atoms with Gasteiger partial charge in [0.05, 0.1) is 6.04 Å². The Labute approximate surface area is 162 Å². The van der Waals surface area contributed by atoms with Crippen molar-refractivity contribution in [1.29, 1.82) is 0 Å². The first-order valence-electron chi connectivity index (χ1n) is 9.44. The zero-order valence-corrected chi connectivity index (χ0v) is 17.1. The van der Waals surface area contributed by atoms with E-state index in [1.807, 2.05) is 59.7 Å². The summed E-state index contributed by atoms with van der Waals surface area (Å²) in [6, 6.07) is 12.9. The molecule has 0 spiro atoms. The molecule has 0 bridgehead atoms. The van der Waals surface area contributed by atoms with Gasteiger partial charge in [0.25, 0.3) is 5.91 Å². The molecule has 2 N–H and O–H groups in total.